The highest BCUT2D eigenvalue weighted by Gasteiger charge is 2.49. The van der Waals surface area contributed by atoms with Crippen molar-refractivity contribution in [2.75, 3.05) is 0 Å². The van der Waals surface area contributed by atoms with E-state index in [9.17, 15) is 15.0 Å². The first-order valence-corrected chi connectivity index (χ1v) is 6.16. The number of hydrogen-bond acceptors (Lipinski definition) is 3. The van der Waals surface area contributed by atoms with Crippen LogP contribution in [0.1, 0.15) is 40.0 Å². The molecule has 0 spiro atoms. The lowest BCUT2D eigenvalue weighted by atomic mass is 9.81. The zero-order valence-corrected chi connectivity index (χ0v) is 10.7. The maximum absolute atomic E-state index is 12.0. The van der Waals surface area contributed by atoms with Gasteiger partial charge in [0.05, 0.1) is 11.7 Å². The lowest BCUT2D eigenvalue weighted by Gasteiger charge is -2.31. The second-order valence-electron chi connectivity index (χ2n) is 5.51. The Bertz CT molecular complexity index is 415. The molecule has 0 saturated heterocycles. The monoisotopic (exact) mass is 236 g/mol. The standard InChI is InChI=1S/C14H20O3/c1-8(2)10-7-11-12(15)4-5-14(11,17)9(3)6-13(10)16/h6,11-12,15,17H,4-5,7H2,1-3H3/t11-,12+,14+/m1/s1. The van der Waals surface area contributed by atoms with Gasteiger partial charge in [0.2, 0.25) is 0 Å². The Morgan fingerprint density at radius 1 is 1.47 bits per heavy atom. The zero-order chi connectivity index (χ0) is 12.8. The fourth-order valence-electron chi connectivity index (χ4n) is 3.05. The van der Waals surface area contributed by atoms with E-state index >= 15 is 0 Å². The van der Waals surface area contributed by atoms with Crippen LogP contribution in [0, 0.1) is 5.92 Å². The molecular formula is C14H20O3. The Kier molecular flexibility index (Phi) is 3.00. The topological polar surface area (TPSA) is 57.5 Å². The van der Waals surface area contributed by atoms with E-state index in [2.05, 4.69) is 0 Å². The second-order valence-corrected chi connectivity index (χ2v) is 5.51. The molecule has 0 amide bonds. The van der Waals surface area contributed by atoms with Gasteiger partial charge in [-0.1, -0.05) is 5.57 Å². The summed E-state index contributed by atoms with van der Waals surface area (Å²) in [6, 6.07) is 0. The zero-order valence-electron chi connectivity index (χ0n) is 10.7. The van der Waals surface area contributed by atoms with Crippen LogP contribution in [0.15, 0.2) is 22.8 Å². The minimum Gasteiger partial charge on any atom is -0.393 e. The molecule has 2 N–H and O–H groups in total. The van der Waals surface area contributed by atoms with Crippen molar-refractivity contribution >= 4 is 5.78 Å². The van der Waals surface area contributed by atoms with Crippen LogP contribution >= 0.6 is 0 Å². The molecule has 0 radical (unpaired) electrons. The fraction of sp³-hybridized carbons (Fsp3) is 0.643. The summed E-state index contributed by atoms with van der Waals surface area (Å²) in [5.74, 6) is -0.257. The van der Waals surface area contributed by atoms with Crippen LogP contribution in [0.4, 0.5) is 0 Å². The average Bonchev–Trinajstić information content (AvgIpc) is 2.47. The molecule has 2 aliphatic carbocycles. The second kappa shape index (κ2) is 4.07. The van der Waals surface area contributed by atoms with Crippen molar-refractivity contribution in [3.63, 3.8) is 0 Å². The van der Waals surface area contributed by atoms with Crippen molar-refractivity contribution in [3.05, 3.63) is 22.8 Å². The van der Waals surface area contributed by atoms with Gasteiger partial charge in [-0.05, 0) is 57.3 Å². The summed E-state index contributed by atoms with van der Waals surface area (Å²) >= 11 is 0. The Balaban J connectivity index is 2.50. The predicted molar refractivity (Wildman–Crippen MR) is 65.4 cm³/mol. The number of allylic oxidation sites excluding steroid dienone is 3. The van der Waals surface area contributed by atoms with Crippen LogP contribution in [0.25, 0.3) is 0 Å². The maximum atomic E-state index is 12.0. The van der Waals surface area contributed by atoms with E-state index in [0.29, 0.717) is 24.8 Å². The molecule has 0 unspecified atom stereocenters. The largest absolute Gasteiger partial charge is 0.393 e. The van der Waals surface area contributed by atoms with Gasteiger partial charge in [-0.2, -0.15) is 0 Å². The van der Waals surface area contributed by atoms with E-state index in [4.69, 9.17) is 0 Å². The van der Waals surface area contributed by atoms with Crippen molar-refractivity contribution in [1.82, 2.24) is 0 Å². The van der Waals surface area contributed by atoms with Gasteiger partial charge in [0.25, 0.3) is 0 Å². The third kappa shape index (κ3) is 1.87. The number of rotatable bonds is 0. The highest BCUT2D eigenvalue weighted by Crippen LogP contribution is 2.46. The SMILES string of the molecule is CC1=CC(=O)C(=C(C)C)C[C@@H]2[C@@H](O)CC[C@]12O. The summed E-state index contributed by atoms with van der Waals surface area (Å²) in [4.78, 5) is 12.0. The number of fused-ring (bicyclic) bond motifs is 1. The highest BCUT2D eigenvalue weighted by molar-refractivity contribution is 6.05. The van der Waals surface area contributed by atoms with Crippen LogP contribution in [0.5, 0.6) is 0 Å². The lowest BCUT2D eigenvalue weighted by Crippen LogP contribution is -2.37. The number of carbonyl (C=O) groups is 1. The first-order chi connectivity index (χ1) is 7.86. The Morgan fingerprint density at radius 2 is 2.12 bits per heavy atom. The van der Waals surface area contributed by atoms with E-state index in [1.54, 1.807) is 13.0 Å². The lowest BCUT2D eigenvalue weighted by molar-refractivity contribution is -0.111. The van der Waals surface area contributed by atoms with Gasteiger partial charge in [0.15, 0.2) is 5.78 Å². The number of ketones is 1. The molecule has 2 aliphatic rings. The van der Waals surface area contributed by atoms with E-state index in [-0.39, 0.29) is 11.7 Å². The van der Waals surface area contributed by atoms with Crippen molar-refractivity contribution in [2.45, 2.75) is 51.7 Å². The summed E-state index contributed by atoms with van der Waals surface area (Å²) in [6.45, 7) is 5.60. The van der Waals surface area contributed by atoms with Gasteiger partial charge in [-0.3, -0.25) is 4.79 Å². The van der Waals surface area contributed by atoms with E-state index in [0.717, 1.165) is 11.1 Å². The molecule has 17 heavy (non-hydrogen) atoms. The smallest absolute Gasteiger partial charge is 0.181 e. The van der Waals surface area contributed by atoms with E-state index in [1.165, 1.54) is 0 Å². The Morgan fingerprint density at radius 3 is 2.71 bits per heavy atom. The van der Waals surface area contributed by atoms with Crippen LogP contribution in [0.2, 0.25) is 0 Å². The third-order valence-corrected chi connectivity index (χ3v) is 4.25. The summed E-state index contributed by atoms with van der Waals surface area (Å²) in [6.07, 6.45) is 2.66. The molecule has 0 aromatic carbocycles. The third-order valence-electron chi connectivity index (χ3n) is 4.25. The number of aliphatic hydroxyl groups is 2. The minimum atomic E-state index is -0.994. The fourth-order valence-corrected chi connectivity index (χ4v) is 3.05. The van der Waals surface area contributed by atoms with E-state index < -0.39 is 11.7 Å². The molecule has 0 aromatic heterocycles. The Labute approximate surface area is 102 Å². The van der Waals surface area contributed by atoms with Gasteiger partial charge < -0.3 is 10.2 Å². The number of hydrogen-bond donors (Lipinski definition) is 2. The van der Waals surface area contributed by atoms with Gasteiger partial charge >= 0.3 is 0 Å². The van der Waals surface area contributed by atoms with Crippen molar-refractivity contribution < 1.29 is 15.0 Å². The van der Waals surface area contributed by atoms with Crippen molar-refractivity contribution in [3.8, 4) is 0 Å². The predicted octanol–water partition coefficient (Wildman–Crippen LogP) is 1.74. The van der Waals surface area contributed by atoms with Crippen LogP contribution < -0.4 is 0 Å². The molecule has 1 fully saturated rings. The summed E-state index contributed by atoms with van der Waals surface area (Å²) in [5.41, 5.74) is 1.42. The molecule has 0 aromatic rings. The molecule has 0 heterocycles. The van der Waals surface area contributed by atoms with Gasteiger partial charge in [0, 0.05) is 5.92 Å². The van der Waals surface area contributed by atoms with E-state index in [1.807, 2.05) is 13.8 Å². The van der Waals surface area contributed by atoms with Gasteiger partial charge in [-0.15, -0.1) is 0 Å². The highest BCUT2D eigenvalue weighted by atomic mass is 16.3. The molecule has 3 atom stereocenters. The van der Waals surface area contributed by atoms with Crippen LogP contribution in [-0.4, -0.2) is 27.7 Å². The molecule has 3 heteroatoms. The van der Waals surface area contributed by atoms with Crippen molar-refractivity contribution in [1.29, 1.82) is 0 Å². The summed E-state index contributed by atoms with van der Waals surface area (Å²) in [5, 5.41) is 20.6. The molecule has 0 bridgehead atoms. The molecule has 1 saturated carbocycles. The number of aliphatic hydroxyl groups excluding tert-OH is 1. The molecule has 3 nitrogen and oxygen atoms in total. The Hall–Kier alpha value is -0.930. The van der Waals surface area contributed by atoms with Gasteiger partial charge in [-0.25, -0.2) is 0 Å². The van der Waals surface area contributed by atoms with Crippen LogP contribution in [0.3, 0.4) is 0 Å². The normalized spacial score (nSPS) is 37.6. The number of carbonyl (C=O) groups excluding carboxylic acids is 1. The quantitative estimate of drug-likeness (QED) is 0.630. The maximum Gasteiger partial charge on any atom is 0.181 e. The minimum absolute atomic E-state index is 0.0162. The van der Waals surface area contributed by atoms with Gasteiger partial charge in [0.1, 0.15) is 0 Å². The first kappa shape index (κ1) is 12.5. The van der Waals surface area contributed by atoms with Crippen LogP contribution in [-0.2, 0) is 4.79 Å². The van der Waals surface area contributed by atoms with Crippen molar-refractivity contribution in [2.24, 2.45) is 5.92 Å². The first-order valence-electron chi connectivity index (χ1n) is 6.16. The average molecular weight is 236 g/mol. The molecule has 94 valence electrons. The molecule has 2 rings (SSSR count). The molecule has 0 aliphatic heterocycles. The molecular weight excluding hydrogens is 216 g/mol. The summed E-state index contributed by atoms with van der Waals surface area (Å²) in [7, 11) is 0. The summed E-state index contributed by atoms with van der Waals surface area (Å²) < 4.78 is 0.